The van der Waals surface area contributed by atoms with E-state index in [0.29, 0.717) is 28.9 Å². The second-order valence-electron chi connectivity index (χ2n) is 4.82. The van der Waals surface area contributed by atoms with Crippen LogP contribution in [-0.4, -0.2) is 37.1 Å². The summed E-state index contributed by atoms with van der Waals surface area (Å²) in [5, 5.41) is 6.13. The predicted molar refractivity (Wildman–Crippen MR) is 92.9 cm³/mol. The molecule has 2 N–H and O–H groups in total. The van der Waals surface area contributed by atoms with Crippen molar-refractivity contribution >= 4 is 40.7 Å². The molecule has 0 atom stereocenters. The van der Waals surface area contributed by atoms with E-state index in [1.54, 1.807) is 25.3 Å². The maximum Gasteiger partial charge on any atom is 0.257 e. The van der Waals surface area contributed by atoms with Gasteiger partial charge in [0, 0.05) is 41.8 Å². The Hall–Kier alpha value is -2.15. The second kappa shape index (κ2) is 8.63. The van der Waals surface area contributed by atoms with E-state index in [2.05, 4.69) is 15.6 Å². The molecule has 0 fully saturated rings. The van der Waals surface area contributed by atoms with Crippen molar-refractivity contribution in [2.45, 2.75) is 0 Å². The fraction of sp³-hybridized carbons (Fsp3) is 0.188. The Morgan fingerprint density at radius 3 is 2.29 bits per heavy atom. The van der Waals surface area contributed by atoms with Crippen LogP contribution in [0.15, 0.2) is 36.7 Å². The second-order valence-corrected chi connectivity index (χ2v) is 5.70. The molecule has 1 heterocycles. The maximum atomic E-state index is 12.3. The number of nitrogens with one attached hydrogen (secondary N) is 2. The average molecular weight is 368 g/mol. The van der Waals surface area contributed by atoms with Crippen molar-refractivity contribution in [2.75, 3.05) is 25.6 Å². The van der Waals surface area contributed by atoms with Crippen molar-refractivity contribution in [3.63, 3.8) is 0 Å². The summed E-state index contributed by atoms with van der Waals surface area (Å²) in [6.45, 7) is 0.766. The van der Waals surface area contributed by atoms with Crippen molar-refractivity contribution in [2.24, 2.45) is 0 Å². The van der Waals surface area contributed by atoms with Crippen LogP contribution >= 0.6 is 23.2 Å². The smallest absolute Gasteiger partial charge is 0.257 e. The van der Waals surface area contributed by atoms with Crippen LogP contribution in [0.5, 0.6) is 0 Å². The number of anilines is 1. The molecule has 2 amide bonds. The summed E-state index contributed by atoms with van der Waals surface area (Å²) in [6, 6.07) is 6.15. The van der Waals surface area contributed by atoms with Crippen molar-refractivity contribution < 1.29 is 14.3 Å². The van der Waals surface area contributed by atoms with Crippen LogP contribution in [0.1, 0.15) is 20.7 Å². The number of carbonyl (C=O) groups is 2. The van der Waals surface area contributed by atoms with Gasteiger partial charge in [0.15, 0.2) is 0 Å². The van der Waals surface area contributed by atoms with Crippen LogP contribution in [0.2, 0.25) is 10.0 Å². The van der Waals surface area contributed by atoms with Crippen molar-refractivity contribution in [3.8, 4) is 0 Å². The Morgan fingerprint density at radius 2 is 1.67 bits per heavy atom. The molecule has 24 heavy (non-hydrogen) atoms. The highest BCUT2D eigenvalue weighted by atomic mass is 35.5. The number of carbonyl (C=O) groups excluding carboxylic acids is 2. The quantitative estimate of drug-likeness (QED) is 0.769. The molecule has 1 aromatic carbocycles. The molecule has 2 rings (SSSR count). The molecule has 0 bridgehead atoms. The van der Waals surface area contributed by atoms with E-state index >= 15 is 0 Å². The van der Waals surface area contributed by atoms with E-state index in [0.717, 1.165) is 0 Å². The lowest BCUT2D eigenvalue weighted by molar-refractivity contribution is 0.0936. The van der Waals surface area contributed by atoms with Crippen molar-refractivity contribution in [3.05, 3.63) is 57.8 Å². The lowest BCUT2D eigenvalue weighted by Gasteiger charge is -2.08. The number of pyridine rings is 1. The lowest BCUT2D eigenvalue weighted by Crippen LogP contribution is -2.27. The number of amides is 2. The number of rotatable bonds is 6. The fourth-order valence-corrected chi connectivity index (χ4v) is 2.41. The van der Waals surface area contributed by atoms with Crippen LogP contribution in [0.4, 0.5) is 5.69 Å². The average Bonchev–Trinajstić information content (AvgIpc) is 2.54. The van der Waals surface area contributed by atoms with E-state index in [9.17, 15) is 9.59 Å². The summed E-state index contributed by atoms with van der Waals surface area (Å²) in [7, 11) is 1.54. The van der Waals surface area contributed by atoms with Gasteiger partial charge in [0.05, 0.1) is 17.7 Å². The minimum absolute atomic E-state index is 0.241. The summed E-state index contributed by atoms with van der Waals surface area (Å²) in [5.41, 5.74) is 0.973. The molecule has 0 unspecified atom stereocenters. The molecule has 0 saturated carbocycles. The van der Waals surface area contributed by atoms with Crippen LogP contribution in [0.3, 0.4) is 0 Å². The molecule has 2 aromatic rings. The minimum Gasteiger partial charge on any atom is -0.383 e. The van der Waals surface area contributed by atoms with Gasteiger partial charge in [-0.15, -0.1) is 0 Å². The predicted octanol–water partition coefficient (Wildman–Crippen LogP) is 3.02. The van der Waals surface area contributed by atoms with Gasteiger partial charge in [-0.3, -0.25) is 14.6 Å². The number of nitrogens with zero attached hydrogens (tertiary/aromatic N) is 1. The first-order chi connectivity index (χ1) is 11.5. The molecule has 126 valence electrons. The minimum atomic E-state index is -0.424. The molecule has 0 spiro atoms. The third-order valence-corrected chi connectivity index (χ3v) is 3.41. The maximum absolute atomic E-state index is 12.3. The Balaban J connectivity index is 2.09. The summed E-state index contributed by atoms with van der Waals surface area (Å²) in [4.78, 5) is 28.2. The number of halogens is 2. The number of methoxy groups -OCH3 is 1. The molecular formula is C16H15Cl2N3O3. The molecule has 0 aliphatic rings. The number of benzene rings is 1. The van der Waals surface area contributed by atoms with Gasteiger partial charge < -0.3 is 15.4 Å². The molecule has 0 aliphatic heterocycles. The first-order valence-corrected chi connectivity index (χ1v) is 7.75. The molecule has 0 aliphatic carbocycles. The molecular weight excluding hydrogens is 353 g/mol. The van der Waals surface area contributed by atoms with E-state index in [1.807, 2.05) is 0 Å². The van der Waals surface area contributed by atoms with Gasteiger partial charge in [0.1, 0.15) is 0 Å². The summed E-state index contributed by atoms with van der Waals surface area (Å²) >= 11 is 11.8. The van der Waals surface area contributed by atoms with Crippen LogP contribution in [0, 0.1) is 0 Å². The topological polar surface area (TPSA) is 80.3 Å². The molecule has 1 aromatic heterocycles. The van der Waals surface area contributed by atoms with E-state index < -0.39 is 5.91 Å². The van der Waals surface area contributed by atoms with Gasteiger partial charge in [-0.2, -0.15) is 0 Å². The van der Waals surface area contributed by atoms with Gasteiger partial charge in [0.2, 0.25) is 0 Å². The van der Waals surface area contributed by atoms with Crippen LogP contribution in [0.25, 0.3) is 0 Å². The van der Waals surface area contributed by atoms with Crippen molar-refractivity contribution in [1.82, 2.24) is 10.3 Å². The Kier molecular flexibility index (Phi) is 6.54. The van der Waals surface area contributed by atoms with Gasteiger partial charge in [0.25, 0.3) is 11.8 Å². The largest absolute Gasteiger partial charge is 0.383 e. The zero-order valence-electron chi connectivity index (χ0n) is 12.8. The SMILES string of the molecule is COCCNC(=O)c1cncc(C(=O)Nc2cc(Cl)cc(Cl)c2)c1. The Bertz CT molecular complexity index is 733. The highest BCUT2D eigenvalue weighted by Gasteiger charge is 2.12. The fourth-order valence-electron chi connectivity index (χ4n) is 1.89. The normalized spacial score (nSPS) is 10.3. The summed E-state index contributed by atoms with van der Waals surface area (Å²) in [5.74, 6) is -0.757. The Labute approximate surface area is 149 Å². The first-order valence-electron chi connectivity index (χ1n) is 6.99. The van der Waals surface area contributed by atoms with E-state index in [-0.39, 0.29) is 17.0 Å². The molecule has 0 radical (unpaired) electrons. The number of ether oxygens (including phenoxy) is 1. The van der Waals surface area contributed by atoms with Gasteiger partial charge in [-0.05, 0) is 24.3 Å². The highest BCUT2D eigenvalue weighted by molar-refractivity contribution is 6.35. The summed E-state index contributed by atoms with van der Waals surface area (Å²) in [6.07, 6.45) is 2.75. The van der Waals surface area contributed by atoms with Gasteiger partial charge in [-0.1, -0.05) is 23.2 Å². The first kappa shape index (κ1) is 18.2. The van der Waals surface area contributed by atoms with Crippen molar-refractivity contribution in [1.29, 1.82) is 0 Å². The van der Waals surface area contributed by atoms with E-state index in [4.69, 9.17) is 27.9 Å². The van der Waals surface area contributed by atoms with Gasteiger partial charge >= 0.3 is 0 Å². The molecule has 8 heteroatoms. The Morgan fingerprint density at radius 1 is 1.04 bits per heavy atom. The van der Waals surface area contributed by atoms with Crippen LogP contribution in [-0.2, 0) is 4.74 Å². The zero-order chi connectivity index (χ0) is 17.5. The monoisotopic (exact) mass is 367 g/mol. The number of aromatic nitrogens is 1. The third-order valence-electron chi connectivity index (χ3n) is 2.97. The summed E-state index contributed by atoms with van der Waals surface area (Å²) < 4.78 is 4.86. The number of hydrogen-bond acceptors (Lipinski definition) is 4. The third kappa shape index (κ3) is 5.19. The van der Waals surface area contributed by atoms with Gasteiger partial charge in [-0.25, -0.2) is 0 Å². The molecule has 0 saturated heterocycles. The number of hydrogen-bond donors (Lipinski definition) is 2. The zero-order valence-corrected chi connectivity index (χ0v) is 14.3. The van der Waals surface area contributed by atoms with Crippen LogP contribution < -0.4 is 10.6 Å². The standard InChI is InChI=1S/C16H15Cl2N3O3/c1-24-3-2-20-15(22)10-4-11(9-19-8-10)16(23)21-14-6-12(17)5-13(18)7-14/h4-9H,2-3H2,1H3,(H,20,22)(H,21,23). The van der Waals surface area contributed by atoms with E-state index in [1.165, 1.54) is 18.5 Å². The molecule has 6 nitrogen and oxygen atoms in total. The lowest BCUT2D eigenvalue weighted by atomic mass is 10.2. The highest BCUT2D eigenvalue weighted by Crippen LogP contribution is 2.22.